The van der Waals surface area contributed by atoms with Gasteiger partial charge >= 0.3 is 0 Å². The van der Waals surface area contributed by atoms with E-state index in [1.165, 1.54) is 0 Å². The molecule has 1 amide bonds. The van der Waals surface area contributed by atoms with Crippen molar-refractivity contribution >= 4 is 5.91 Å². The van der Waals surface area contributed by atoms with E-state index in [1.54, 1.807) is 24.4 Å². The Balaban J connectivity index is 1.39. The predicted octanol–water partition coefficient (Wildman–Crippen LogP) is 2.70. The highest BCUT2D eigenvalue weighted by molar-refractivity contribution is 5.94. The van der Waals surface area contributed by atoms with Gasteiger partial charge in [0.25, 0.3) is 5.91 Å². The summed E-state index contributed by atoms with van der Waals surface area (Å²) >= 11 is 0. The molecule has 2 atom stereocenters. The second kappa shape index (κ2) is 7.02. The molecule has 0 saturated carbocycles. The maximum atomic E-state index is 13.4. The number of nitrogens with zero attached hydrogens (tertiary/aromatic N) is 6. The van der Waals surface area contributed by atoms with Gasteiger partial charge in [-0.25, -0.2) is 9.67 Å². The zero-order valence-corrected chi connectivity index (χ0v) is 16.6. The van der Waals surface area contributed by atoms with Crippen LogP contribution in [0.2, 0.25) is 0 Å². The molecule has 2 aromatic heterocycles. The quantitative estimate of drug-likeness (QED) is 0.682. The lowest BCUT2D eigenvalue weighted by atomic mass is 9.97. The minimum atomic E-state index is 0.0682. The Morgan fingerprint density at radius 1 is 1.14 bits per heavy atom. The van der Waals surface area contributed by atoms with Crippen LogP contribution in [0, 0.1) is 0 Å². The van der Waals surface area contributed by atoms with Crippen molar-refractivity contribution in [2.24, 2.45) is 7.05 Å². The van der Waals surface area contributed by atoms with Gasteiger partial charge in [0, 0.05) is 24.7 Å². The third-order valence-corrected chi connectivity index (χ3v) is 6.22. The normalized spacial score (nSPS) is 23.4. The molecule has 0 radical (unpaired) electrons. The van der Waals surface area contributed by atoms with Crippen molar-refractivity contribution in [1.82, 2.24) is 29.4 Å². The summed E-state index contributed by atoms with van der Waals surface area (Å²) in [7, 11) is 3.48. The fourth-order valence-electron chi connectivity index (χ4n) is 4.82. The molecule has 8 nitrogen and oxygen atoms in total. The van der Waals surface area contributed by atoms with Gasteiger partial charge in [-0.1, -0.05) is 12.1 Å². The molecule has 1 aromatic carbocycles. The second-order valence-corrected chi connectivity index (χ2v) is 7.87. The average Bonchev–Trinajstić information content (AvgIpc) is 3.46. The van der Waals surface area contributed by atoms with Crippen LogP contribution in [0.15, 0.2) is 43.0 Å². The number of aryl methyl sites for hydroxylation is 1. The molecule has 150 valence electrons. The molecule has 29 heavy (non-hydrogen) atoms. The van der Waals surface area contributed by atoms with Gasteiger partial charge in [0.15, 0.2) is 0 Å². The van der Waals surface area contributed by atoms with Gasteiger partial charge in [0.1, 0.15) is 24.1 Å². The third-order valence-electron chi connectivity index (χ3n) is 6.22. The minimum absolute atomic E-state index is 0.0682. The van der Waals surface area contributed by atoms with Crippen LogP contribution in [0.4, 0.5) is 0 Å². The van der Waals surface area contributed by atoms with Gasteiger partial charge in [0.05, 0.1) is 18.8 Å². The Labute approximate surface area is 169 Å². The van der Waals surface area contributed by atoms with Crippen molar-refractivity contribution in [2.75, 3.05) is 7.11 Å². The largest absolute Gasteiger partial charge is 0.497 e. The number of hydrogen-bond acceptors (Lipinski definition) is 5. The van der Waals surface area contributed by atoms with Gasteiger partial charge in [0.2, 0.25) is 0 Å². The van der Waals surface area contributed by atoms with Crippen LogP contribution in [0.25, 0.3) is 11.3 Å². The Morgan fingerprint density at radius 3 is 2.62 bits per heavy atom. The van der Waals surface area contributed by atoms with Gasteiger partial charge in [-0.2, -0.15) is 10.2 Å². The molecule has 4 heterocycles. The summed E-state index contributed by atoms with van der Waals surface area (Å²) in [5.74, 6) is 0.841. The van der Waals surface area contributed by atoms with Crippen LogP contribution in [0.3, 0.4) is 0 Å². The molecule has 0 spiro atoms. The zero-order chi connectivity index (χ0) is 20.0. The number of aromatic nitrogens is 5. The summed E-state index contributed by atoms with van der Waals surface area (Å²) in [6.07, 6.45) is 7.29. The van der Waals surface area contributed by atoms with E-state index in [4.69, 9.17) is 4.74 Å². The number of rotatable bonds is 4. The second-order valence-electron chi connectivity index (χ2n) is 7.87. The SMILES string of the molecule is COc1cccc(-c2cc(C(=O)N3C4CCC3CC(n3cncn3)C4)n(C)n2)c1. The van der Waals surface area contributed by atoms with Crippen LogP contribution in [0.5, 0.6) is 5.75 Å². The number of carbonyl (C=O) groups is 1. The van der Waals surface area contributed by atoms with E-state index in [0.29, 0.717) is 11.7 Å². The fourth-order valence-corrected chi connectivity index (χ4v) is 4.82. The number of hydrogen-bond donors (Lipinski definition) is 0. The number of fused-ring (bicyclic) bond motifs is 2. The number of piperidine rings is 1. The van der Waals surface area contributed by atoms with Gasteiger partial charge in [-0.3, -0.25) is 9.48 Å². The Bertz CT molecular complexity index is 1010. The lowest BCUT2D eigenvalue weighted by Crippen LogP contribution is -2.47. The molecule has 0 N–H and O–H groups in total. The Kier molecular flexibility index (Phi) is 4.34. The number of benzene rings is 1. The summed E-state index contributed by atoms with van der Waals surface area (Å²) in [5, 5.41) is 8.90. The van der Waals surface area contributed by atoms with Crippen molar-refractivity contribution in [1.29, 1.82) is 0 Å². The molecule has 8 heteroatoms. The van der Waals surface area contributed by atoms with Gasteiger partial charge < -0.3 is 9.64 Å². The highest BCUT2D eigenvalue weighted by Gasteiger charge is 2.44. The highest BCUT2D eigenvalue weighted by Crippen LogP contribution is 2.41. The van der Waals surface area contributed by atoms with Crippen LogP contribution in [-0.4, -0.2) is 54.5 Å². The van der Waals surface area contributed by atoms with Gasteiger partial charge in [-0.15, -0.1) is 0 Å². The molecule has 2 aliphatic heterocycles. The molecular weight excluding hydrogens is 368 g/mol. The molecule has 2 saturated heterocycles. The third kappa shape index (κ3) is 3.08. The summed E-state index contributed by atoms with van der Waals surface area (Å²) in [6, 6.07) is 10.4. The summed E-state index contributed by atoms with van der Waals surface area (Å²) < 4.78 is 8.95. The molecule has 2 bridgehead atoms. The molecule has 3 aromatic rings. The van der Waals surface area contributed by atoms with Crippen molar-refractivity contribution in [3.05, 3.63) is 48.7 Å². The van der Waals surface area contributed by atoms with E-state index in [-0.39, 0.29) is 18.0 Å². The van der Waals surface area contributed by atoms with E-state index in [1.807, 2.05) is 42.1 Å². The smallest absolute Gasteiger partial charge is 0.272 e. The van der Waals surface area contributed by atoms with Crippen molar-refractivity contribution in [3.63, 3.8) is 0 Å². The van der Waals surface area contributed by atoms with E-state index >= 15 is 0 Å². The summed E-state index contributed by atoms with van der Waals surface area (Å²) in [5.41, 5.74) is 2.34. The van der Waals surface area contributed by atoms with Crippen molar-refractivity contribution < 1.29 is 9.53 Å². The maximum absolute atomic E-state index is 13.4. The molecule has 2 fully saturated rings. The molecular formula is C21H24N6O2. The highest BCUT2D eigenvalue weighted by atomic mass is 16.5. The van der Waals surface area contributed by atoms with Crippen molar-refractivity contribution in [2.45, 2.75) is 43.8 Å². The van der Waals surface area contributed by atoms with E-state index in [9.17, 15) is 4.79 Å². The number of carbonyl (C=O) groups excluding carboxylic acids is 1. The van der Waals surface area contributed by atoms with Crippen LogP contribution >= 0.6 is 0 Å². The van der Waals surface area contributed by atoms with E-state index < -0.39 is 0 Å². The topological polar surface area (TPSA) is 78.1 Å². The molecule has 2 unspecified atom stereocenters. The average molecular weight is 392 g/mol. The standard InChI is InChI=1S/C21H24N6O2/c1-25-20(11-19(24-25)14-4-3-5-18(8-14)29-2)21(28)27-15-6-7-16(27)10-17(9-15)26-13-22-12-23-26/h3-5,8,11-13,15-17H,6-7,9-10H2,1-2H3. The number of amides is 1. The number of ether oxygens (including phenoxy) is 1. The van der Waals surface area contributed by atoms with Crippen LogP contribution in [-0.2, 0) is 7.05 Å². The Morgan fingerprint density at radius 2 is 1.93 bits per heavy atom. The molecule has 0 aliphatic carbocycles. The molecule has 5 rings (SSSR count). The first-order valence-corrected chi connectivity index (χ1v) is 9.99. The maximum Gasteiger partial charge on any atom is 0.272 e. The lowest BCUT2D eigenvalue weighted by molar-refractivity contribution is 0.0513. The first-order chi connectivity index (χ1) is 14.1. The summed E-state index contributed by atoms with van der Waals surface area (Å²) in [4.78, 5) is 19.6. The summed E-state index contributed by atoms with van der Waals surface area (Å²) in [6.45, 7) is 0. The van der Waals surface area contributed by atoms with Crippen LogP contribution in [0.1, 0.15) is 42.2 Å². The van der Waals surface area contributed by atoms with Crippen molar-refractivity contribution in [3.8, 4) is 17.0 Å². The van der Waals surface area contributed by atoms with Crippen LogP contribution < -0.4 is 4.74 Å². The first kappa shape index (κ1) is 17.9. The first-order valence-electron chi connectivity index (χ1n) is 9.99. The zero-order valence-electron chi connectivity index (χ0n) is 16.6. The lowest BCUT2D eigenvalue weighted by Gasteiger charge is -2.38. The number of methoxy groups -OCH3 is 1. The molecule has 2 aliphatic rings. The van der Waals surface area contributed by atoms with E-state index in [0.717, 1.165) is 42.7 Å². The fraction of sp³-hybridized carbons (Fsp3) is 0.429. The predicted molar refractivity (Wildman–Crippen MR) is 106 cm³/mol. The minimum Gasteiger partial charge on any atom is -0.497 e. The van der Waals surface area contributed by atoms with Gasteiger partial charge in [-0.05, 0) is 43.9 Å². The monoisotopic (exact) mass is 392 g/mol. The Hall–Kier alpha value is -3.16. The van der Waals surface area contributed by atoms with E-state index in [2.05, 4.69) is 20.1 Å².